The average Bonchev–Trinajstić information content (AvgIpc) is 2.49. The molecule has 0 aromatic heterocycles. The van der Waals surface area contributed by atoms with Gasteiger partial charge < -0.3 is 0 Å². The van der Waals surface area contributed by atoms with E-state index in [2.05, 4.69) is 39.8 Å². The van der Waals surface area contributed by atoms with E-state index in [1.165, 1.54) is 0 Å². The summed E-state index contributed by atoms with van der Waals surface area (Å²) in [5.74, 6) is 0.826. The minimum atomic E-state index is -0.433. The van der Waals surface area contributed by atoms with Gasteiger partial charge >= 0.3 is 0 Å². The van der Waals surface area contributed by atoms with Gasteiger partial charge in [0.2, 0.25) is 0 Å². The Kier molecular flexibility index (Phi) is 5.18. The number of hydrogen-bond acceptors (Lipinski definition) is 1. The van der Waals surface area contributed by atoms with Crippen LogP contribution in [-0.2, 0) is 16.6 Å². The van der Waals surface area contributed by atoms with Crippen LogP contribution in [0.1, 0.15) is 38.8 Å². The topological polar surface area (TPSA) is 17.1 Å². The van der Waals surface area contributed by atoms with Crippen molar-refractivity contribution in [2.24, 2.45) is 11.8 Å². The van der Waals surface area contributed by atoms with Crippen LogP contribution in [0.25, 0.3) is 0 Å². The minimum Gasteiger partial charge on any atom is -0.298 e. The van der Waals surface area contributed by atoms with Crippen LogP contribution in [0.5, 0.6) is 0 Å². The number of carbonyl (C=O) groups excluding carboxylic acids is 1. The molecule has 0 amide bonds. The van der Waals surface area contributed by atoms with Gasteiger partial charge in [0.05, 0.1) is 5.41 Å². The van der Waals surface area contributed by atoms with Crippen LogP contribution >= 0.6 is 0 Å². The first-order valence-electron chi connectivity index (χ1n) is 8.12. The molecule has 1 nitrogen and oxygen atoms in total. The highest BCUT2D eigenvalue weighted by Crippen LogP contribution is 2.41. The Morgan fingerprint density at radius 3 is 1.73 bits per heavy atom. The maximum atomic E-state index is 13.3. The second-order valence-electron chi connectivity index (χ2n) is 6.63. The molecule has 22 heavy (non-hydrogen) atoms. The van der Waals surface area contributed by atoms with E-state index in [0.717, 1.165) is 11.1 Å². The number of hydrogen-bond donors (Lipinski definition) is 0. The third kappa shape index (κ3) is 2.99. The van der Waals surface area contributed by atoms with Gasteiger partial charge in [-0.25, -0.2) is 0 Å². The van der Waals surface area contributed by atoms with Gasteiger partial charge in [-0.05, 0) is 23.0 Å². The van der Waals surface area contributed by atoms with Gasteiger partial charge in [0.25, 0.3) is 0 Å². The van der Waals surface area contributed by atoms with Crippen LogP contribution in [0.15, 0.2) is 60.7 Å². The summed E-state index contributed by atoms with van der Waals surface area (Å²) < 4.78 is 0. The summed E-state index contributed by atoms with van der Waals surface area (Å²) in [7, 11) is 0. The SMILES string of the molecule is CC(C)C(C(=O)Cc1ccccc1)(c1ccccc1)C(C)C. The van der Waals surface area contributed by atoms with E-state index >= 15 is 0 Å². The quantitative estimate of drug-likeness (QED) is 0.728. The van der Waals surface area contributed by atoms with Crippen molar-refractivity contribution in [2.45, 2.75) is 39.5 Å². The van der Waals surface area contributed by atoms with Gasteiger partial charge in [0.1, 0.15) is 5.78 Å². The molecular formula is C21H26O. The van der Waals surface area contributed by atoms with E-state index < -0.39 is 5.41 Å². The van der Waals surface area contributed by atoms with Crippen LogP contribution in [0.4, 0.5) is 0 Å². The predicted octanol–water partition coefficient (Wildman–Crippen LogP) is 5.05. The second kappa shape index (κ2) is 6.91. The standard InChI is InChI=1S/C21H26O/c1-16(2)21(17(3)4,19-13-9-6-10-14-19)20(22)15-18-11-7-5-8-12-18/h5-14,16-17H,15H2,1-4H3. The molecule has 2 aromatic rings. The summed E-state index contributed by atoms with van der Waals surface area (Å²) in [6, 6.07) is 20.3. The lowest BCUT2D eigenvalue weighted by Crippen LogP contribution is -2.46. The lowest BCUT2D eigenvalue weighted by Gasteiger charge is -2.40. The number of carbonyl (C=O) groups is 1. The molecule has 0 saturated heterocycles. The van der Waals surface area contributed by atoms with Crippen molar-refractivity contribution in [1.29, 1.82) is 0 Å². The maximum Gasteiger partial charge on any atom is 0.148 e. The normalized spacial score (nSPS) is 11.9. The summed E-state index contributed by atoms with van der Waals surface area (Å²) in [6.45, 7) is 8.65. The highest BCUT2D eigenvalue weighted by atomic mass is 16.1. The molecule has 2 rings (SSSR count). The fourth-order valence-electron chi connectivity index (χ4n) is 3.78. The molecule has 0 spiro atoms. The van der Waals surface area contributed by atoms with E-state index in [0.29, 0.717) is 12.2 Å². The molecule has 0 fully saturated rings. The Hall–Kier alpha value is -1.89. The Balaban J connectivity index is 2.47. The molecule has 116 valence electrons. The molecule has 0 saturated carbocycles. The summed E-state index contributed by atoms with van der Waals surface area (Å²) in [5.41, 5.74) is 1.80. The third-order valence-corrected chi connectivity index (χ3v) is 4.74. The Morgan fingerprint density at radius 2 is 1.27 bits per heavy atom. The number of benzene rings is 2. The summed E-state index contributed by atoms with van der Waals surface area (Å²) in [6.07, 6.45) is 0.492. The smallest absolute Gasteiger partial charge is 0.148 e. The monoisotopic (exact) mass is 294 g/mol. The largest absolute Gasteiger partial charge is 0.298 e. The van der Waals surface area contributed by atoms with Crippen LogP contribution in [-0.4, -0.2) is 5.78 Å². The fourth-order valence-corrected chi connectivity index (χ4v) is 3.78. The predicted molar refractivity (Wildman–Crippen MR) is 92.9 cm³/mol. The Labute approximate surface area is 134 Å². The average molecular weight is 294 g/mol. The molecule has 1 heteroatoms. The summed E-state index contributed by atoms with van der Waals surface area (Å²) in [4.78, 5) is 13.3. The van der Waals surface area contributed by atoms with Gasteiger partial charge in [-0.15, -0.1) is 0 Å². The Morgan fingerprint density at radius 1 is 0.818 bits per heavy atom. The van der Waals surface area contributed by atoms with Gasteiger partial charge in [0.15, 0.2) is 0 Å². The molecule has 0 aliphatic rings. The van der Waals surface area contributed by atoms with Gasteiger partial charge in [-0.3, -0.25) is 4.79 Å². The van der Waals surface area contributed by atoms with E-state index in [9.17, 15) is 4.79 Å². The van der Waals surface area contributed by atoms with Gasteiger partial charge in [-0.1, -0.05) is 88.4 Å². The van der Waals surface area contributed by atoms with Crippen molar-refractivity contribution >= 4 is 5.78 Å². The van der Waals surface area contributed by atoms with Crippen LogP contribution in [0.3, 0.4) is 0 Å². The van der Waals surface area contributed by atoms with Crippen LogP contribution < -0.4 is 0 Å². The molecule has 0 N–H and O–H groups in total. The zero-order chi connectivity index (χ0) is 16.2. The molecule has 0 bridgehead atoms. The molecule has 0 unspecified atom stereocenters. The number of rotatable bonds is 6. The Bertz CT molecular complexity index is 588. The minimum absolute atomic E-state index is 0.256. The first-order valence-corrected chi connectivity index (χ1v) is 8.12. The molecule has 0 heterocycles. The van der Waals surface area contributed by atoms with Gasteiger partial charge in [-0.2, -0.15) is 0 Å². The van der Waals surface area contributed by atoms with Crippen molar-refractivity contribution in [1.82, 2.24) is 0 Å². The van der Waals surface area contributed by atoms with Crippen molar-refractivity contribution in [2.75, 3.05) is 0 Å². The van der Waals surface area contributed by atoms with Crippen molar-refractivity contribution < 1.29 is 4.79 Å². The second-order valence-corrected chi connectivity index (χ2v) is 6.63. The van der Waals surface area contributed by atoms with E-state index in [-0.39, 0.29) is 11.8 Å². The van der Waals surface area contributed by atoms with Crippen molar-refractivity contribution in [3.8, 4) is 0 Å². The molecule has 0 aliphatic carbocycles. The lowest BCUT2D eigenvalue weighted by molar-refractivity contribution is -0.127. The molecule has 2 aromatic carbocycles. The fraction of sp³-hybridized carbons (Fsp3) is 0.381. The zero-order valence-corrected chi connectivity index (χ0v) is 14.0. The third-order valence-electron chi connectivity index (χ3n) is 4.74. The maximum absolute atomic E-state index is 13.3. The zero-order valence-electron chi connectivity index (χ0n) is 14.0. The molecule has 0 radical (unpaired) electrons. The van der Waals surface area contributed by atoms with Crippen LogP contribution in [0.2, 0.25) is 0 Å². The van der Waals surface area contributed by atoms with Crippen molar-refractivity contribution in [3.63, 3.8) is 0 Å². The van der Waals surface area contributed by atoms with Gasteiger partial charge in [0, 0.05) is 6.42 Å². The molecule has 0 aliphatic heterocycles. The van der Waals surface area contributed by atoms with E-state index in [1.54, 1.807) is 0 Å². The van der Waals surface area contributed by atoms with Crippen LogP contribution in [0, 0.1) is 11.8 Å². The first kappa shape index (κ1) is 16.5. The number of Topliss-reactive ketones (excluding diaryl/α,β-unsaturated/α-hetero) is 1. The lowest BCUT2D eigenvalue weighted by atomic mass is 9.61. The summed E-state index contributed by atoms with van der Waals surface area (Å²) in [5, 5.41) is 0. The van der Waals surface area contributed by atoms with Crippen molar-refractivity contribution in [3.05, 3.63) is 71.8 Å². The molecule has 0 atom stereocenters. The van der Waals surface area contributed by atoms with E-state index in [4.69, 9.17) is 0 Å². The highest BCUT2D eigenvalue weighted by molar-refractivity contribution is 5.92. The highest BCUT2D eigenvalue weighted by Gasteiger charge is 2.44. The molecular weight excluding hydrogens is 268 g/mol. The first-order chi connectivity index (χ1) is 10.5. The van der Waals surface area contributed by atoms with E-state index in [1.807, 2.05) is 48.5 Å². The number of ketones is 1. The summed E-state index contributed by atoms with van der Waals surface area (Å²) >= 11 is 0.